The third kappa shape index (κ3) is 6.04. The Balaban J connectivity index is 2.02. The molecule has 0 spiro atoms. The Labute approximate surface area is 173 Å². The van der Waals surface area contributed by atoms with Gasteiger partial charge in [-0.1, -0.05) is 0 Å². The zero-order valence-electron chi connectivity index (χ0n) is 17.2. The standard InChI is InChI=1S/C20H26F2N2O6/c1-4-29-19(27)14-6-5-9-24(11-14)17(25)12-23(2)18(26)13-7-8-15(28-3)16(10-13)30-20(21)22/h7-8,10,14,20H,4-6,9,11-12H2,1-3H3. The molecule has 10 heteroatoms. The highest BCUT2D eigenvalue weighted by molar-refractivity contribution is 5.97. The predicted octanol–water partition coefficient (Wildman–Crippen LogP) is 2.17. The van der Waals surface area contributed by atoms with Gasteiger partial charge in [-0.2, -0.15) is 8.78 Å². The highest BCUT2D eigenvalue weighted by Gasteiger charge is 2.30. The van der Waals surface area contributed by atoms with Crippen LogP contribution in [0, 0.1) is 5.92 Å². The van der Waals surface area contributed by atoms with Crippen LogP contribution < -0.4 is 9.47 Å². The second kappa shape index (κ2) is 10.7. The second-order valence-electron chi connectivity index (χ2n) is 6.84. The maximum atomic E-state index is 12.7. The van der Waals surface area contributed by atoms with Gasteiger partial charge in [0.1, 0.15) is 0 Å². The Morgan fingerprint density at radius 2 is 2.00 bits per heavy atom. The summed E-state index contributed by atoms with van der Waals surface area (Å²) < 4.78 is 39.5. The zero-order chi connectivity index (χ0) is 22.3. The van der Waals surface area contributed by atoms with E-state index < -0.39 is 12.5 Å². The van der Waals surface area contributed by atoms with E-state index in [1.165, 1.54) is 36.1 Å². The van der Waals surface area contributed by atoms with Crippen molar-refractivity contribution in [1.82, 2.24) is 9.80 Å². The van der Waals surface area contributed by atoms with Crippen LogP contribution in [-0.2, 0) is 14.3 Å². The van der Waals surface area contributed by atoms with Gasteiger partial charge in [-0.15, -0.1) is 0 Å². The van der Waals surface area contributed by atoms with Crippen molar-refractivity contribution in [1.29, 1.82) is 0 Å². The fourth-order valence-electron chi connectivity index (χ4n) is 3.25. The number of nitrogens with zero attached hydrogens (tertiary/aromatic N) is 2. The number of carbonyl (C=O) groups is 3. The summed E-state index contributed by atoms with van der Waals surface area (Å²) in [5, 5.41) is 0. The van der Waals surface area contributed by atoms with Crippen LogP contribution in [0.2, 0.25) is 0 Å². The SMILES string of the molecule is CCOC(=O)C1CCCN(C(=O)CN(C)C(=O)c2ccc(OC)c(OC(F)F)c2)C1. The number of alkyl halides is 2. The van der Waals surface area contributed by atoms with Crippen molar-refractivity contribution in [3.8, 4) is 11.5 Å². The minimum Gasteiger partial charge on any atom is -0.493 e. The van der Waals surface area contributed by atoms with Crippen LogP contribution in [0.25, 0.3) is 0 Å². The van der Waals surface area contributed by atoms with Gasteiger partial charge in [0, 0.05) is 25.7 Å². The topological polar surface area (TPSA) is 85.4 Å². The fourth-order valence-corrected chi connectivity index (χ4v) is 3.25. The highest BCUT2D eigenvalue weighted by atomic mass is 19.3. The maximum Gasteiger partial charge on any atom is 0.387 e. The fraction of sp³-hybridized carbons (Fsp3) is 0.550. The number of ether oxygens (including phenoxy) is 3. The normalized spacial score (nSPS) is 16.2. The van der Waals surface area contributed by atoms with Crippen LogP contribution >= 0.6 is 0 Å². The van der Waals surface area contributed by atoms with Crippen LogP contribution in [0.4, 0.5) is 8.78 Å². The van der Waals surface area contributed by atoms with Crippen LogP contribution in [0.1, 0.15) is 30.1 Å². The van der Waals surface area contributed by atoms with Gasteiger partial charge in [-0.3, -0.25) is 14.4 Å². The number of likely N-dealkylation sites (tertiary alicyclic amines) is 1. The first kappa shape index (κ1) is 23.4. The van der Waals surface area contributed by atoms with Gasteiger partial charge in [-0.05, 0) is 38.0 Å². The number of halogens is 2. The predicted molar refractivity (Wildman–Crippen MR) is 103 cm³/mol. The lowest BCUT2D eigenvalue weighted by molar-refractivity contribution is -0.151. The van der Waals surface area contributed by atoms with Crippen LogP contribution in [0.3, 0.4) is 0 Å². The number of likely N-dealkylation sites (N-methyl/N-ethyl adjacent to an activating group) is 1. The molecule has 1 aromatic carbocycles. The molecule has 1 saturated heterocycles. The number of benzene rings is 1. The molecule has 1 aromatic rings. The molecule has 8 nitrogen and oxygen atoms in total. The molecule has 2 rings (SSSR count). The van der Waals surface area contributed by atoms with Crippen molar-refractivity contribution in [3.05, 3.63) is 23.8 Å². The molecule has 2 amide bonds. The zero-order valence-corrected chi connectivity index (χ0v) is 17.2. The van der Waals surface area contributed by atoms with E-state index in [9.17, 15) is 23.2 Å². The molecule has 1 atom stereocenters. The lowest BCUT2D eigenvalue weighted by Gasteiger charge is -2.32. The van der Waals surface area contributed by atoms with Gasteiger partial charge >= 0.3 is 12.6 Å². The van der Waals surface area contributed by atoms with Crippen molar-refractivity contribution in [2.24, 2.45) is 5.92 Å². The largest absolute Gasteiger partial charge is 0.493 e. The Morgan fingerprint density at radius 1 is 1.27 bits per heavy atom. The molecule has 30 heavy (non-hydrogen) atoms. The van der Waals surface area contributed by atoms with E-state index in [0.717, 1.165) is 6.07 Å². The summed E-state index contributed by atoms with van der Waals surface area (Å²) in [6, 6.07) is 3.89. The summed E-state index contributed by atoms with van der Waals surface area (Å²) in [6.07, 6.45) is 1.32. The van der Waals surface area contributed by atoms with E-state index in [4.69, 9.17) is 9.47 Å². The second-order valence-corrected chi connectivity index (χ2v) is 6.84. The Morgan fingerprint density at radius 3 is 2.63 bits per heavy atom. The summed E-state index contributed by atoms with van der Waals surface area (Å²) in [5.41, 5.74) is 0.0739. The molecule has 0 bridgehead atoms. The molecule has 1 fully saturated rings. The molecular weight excluding hydrogens is 402 g/mol. The summed E-state index contributed by atoms with van der Waals surface area (Å²) in [4.78, 5) is 39.9. The van der Waals surface area contributed by atoms with Gasteiger partial charge in [0.15, 0.2) is 11.5 Å². The third-order valence-electron chi connectivity index (χ3n) is 4.74. The molecule has 0 aromatic heterocycles. The molecule has 1 aliphatic rings. The van der Waals surface area contributed by atoms with Gasteiger partial charge < -0.3 is 24.0 Å². The number of carbonyl (C=O) groups excluding carboxylic acids is 3. The molecular formula is C20H26F2N2O6. The minimum absolute atomic E-state index is 0.0592. The Kier molecular flexibility index (Phi) is 8.37. The third-order valence-corrected chi connectivity index (χ3v) is 4.74. The van der Waals surface area contributed by atoms with Crippen LogP contribution in [0.15, 0.2) is 18.2 Å². The summed E-state index contributed by atoms with van der Waals surface area (Å²) in [7, 11) is 2.73. The quantitative estimate of drug-likeness (QED) is 0.590. The number of esters is 1. The van der Waals surface area contributed by atoms with Gasteiger partial charge in [0.2, 0.25) is 5.91 Å². The molecule has 0 aliphatic carbocycles. The van der Waals surface area contributed by atoms with Crippen molar-refractivity contribution < 1.29 is 37.4 Å². The average molecular weight is 428 g/mol. The van der Waals surface area contributed by atoms with E-state index in [2.05, 4.69) is 4.74 Å². The van der Waals surface area contributed by atoms with E-state index >= 15 is 0 Å². The first-order chi connectivity index (χ1) is 14.3. The smallest absolute Gasteiger partial charge is 0.387 e. The van der Waals surface area contributed by atoms with Gasteiger partial charge in [0.05, 0.1) is 26.2 Å². The lowest BCUT2D eigenvalue weighted by Crippen LogP contribution is -2.47. The number of amides is 2. The van der Waals surface area contributed by atoms with Crippen LogP contribution in [-0.4, -0.2) is 74.6 Å². The number of rotatable bonds is 8. The van der Waals surface area contributed by atoms with E-state index in [-0.39, 0.29) is 54.6 Å². The summed E-state index contributed by atoms with van der Waals surface area (Å²) >= 11 is 0. The molecule has 0 N–H and O–H groups in total. The Bertz CT molecular complexity index is 774. The maximum absolute atomic E-state index is 12.7. The number of hydrogen-bond acceptors (Lipinski definition) is 6. The molecule has 1 unspecified atom stereocenters. The molecule has 166 valence electrons. The number of methoxy groups -OCH3 is 1. The molecule has 1 aliphatic heterocycles. The molecule has 1 heterocycles. The van der Waals surface area contributed by atoms with Crippen molar-refractivity contribution in [2.45, 2.75) is 26.4 Å². The van der Waals surface area contributed by atoms with E-state index in [0.29, 0.717) is 19.4 Å². The highest BCUT2D eigenvalue weighted by Crippen LogP contribution is 2.30. The first-order valence-electron chi connectivity index (χ1n) is 9.59. The van der Waals surface area contributed by atoms with E-state index in [1.807, 2.05) is 0 Å². The van der Waals surface area contributed by atoms with Crippen molar-refractivity contribution in [2.75, 3.05) is 40.4 Å². The van der Waals surface area contributed by atoms with Crippen molar-refractivity contribution in [3.63, 3.8) is 0 Å². The minimum atomic E-state index is -3.07. The Hall–Kier alpha value is -2.91. The summed E-state index contributed by atoms with van der Waals surface area (Å²) in [6.45, 7) is -0.554. The van der Waals surface area contributed by atoms with Crippen LogP contribution in [0.5, 0.6) is 11.5 Å². The lowest BCUT2D eigenvalue weighted by atomic mass is 9.98. The molecule has 0 radical (unpaired) electrons. The molecule has 0 saturated carbocycles. The number of piperidine rings is 1. The first-order valence-corrected chi connectivity index (χ1v) is 9.59. The van der Waals surface area contributed by atoms with Gasteiger partial charge in [0.25, 0.3) is 5.91 Å². The monoisotopic (exact) mass is 428 g/mol. The van der Waals surface area contributed by atoms with Gasteiger partial charge in [-0.25, -0.2) is 0 Å². The van der Waals surface area contributed by atoms with Crippen molar-refractivity contribution >= 4 is 17.8 Å². The van der Waals surface area contributed by atoms with E-state index in [1.54, 1.807) is 6.92 Å². The number of hydrogen-bond donors (Lipinski definition) is 0. The summed E-state index contributed by atoms with van der Waals surface area (Å²) in [5.74, 6) is -1.76. The average Bonchev–Trinajstić information content (AvgIpc) is 2.72.